The number of carbonyl (C=O) groups is 2. The summed E-state index contributed by atoms with van der Waals surface area (Å²) in [6.07, 6.45) is 0.472. The predicted molar refractivity (Wildman–Crippen MR) is 51.0 cm³/mol. The van der Waals surface area contributed by atoms with Crippen molar-refractivity contribution >= 4 is 11.9 Å². The molecule has 1 unspecified atom stereocenters. The molecule has 0 heterocycles. The van der Waals surface area contributed by atoms with Crippen LogP contribution in [0, 0.1) is 0 Å². The summed E-state index contributed by atoms with van der Waals surface area (Å²) in [5.41, 5.74) is 0. The van der Waals surface area contributed by atoms with Crippen molar-refractivity contribution in [1.29, 1.82) is 0 Å². The van der Waals surface area contributed by atoms with Gasteiger partial charge in [0.05, 0.1) is 13.7 Å². The quantitative estimate of drug-likeness (QED) is 0.631. The fraction of sp³-hybridized carbons (Fsp3) is 0.778. The summed E-state index contributed by atoms with van der Waals surface area (Å²) in [7, 11) is 1.29. The second-order valence-electron chi connectivity index (χ2n) is 2.90. The number of esters is 1. The number of ether oxygens (including phenoxy) is 1. The van der Waals surface area contributed by atoms with Crippen LogP contribution >= 0.6 is 0 Å². The topological polar surface area (TPSA) is 66.8 Å². The molecule has 1 N–H and O–H groups in total. The van der Waals surface area contributed by atoms with E-state index in [1.165, 1.54) is 7.11 Å². The smallest absolute Gasteiger partial charge is 0.320 e. The molecule has 0 fully saturated rings. The van der Waals surface area contributed by atoms with Crippen LogP contribution in [0.2, 0.25) is 0 Å². The molecule has 5 heteroatoms. The molecule has 0 aliphatic rings. The summed E-state index contributed by atoms with van der Waals surface area (Å²) >= 11 is 0. The van der Waals surface area contributed by atoms with E-state index in [0.717, 1.165) is 0 Å². The van der Waals surface area contributed by atoms with Crippen LogP contribution in [0.4, 0.5) is 0 Å². The first-order chi connectivity index (χ1) is 6.56. The Balaban J connectivity index is 4.36. The summed E-state index contributed by atoms with van der Waals surface area (Å²) in [6, 6.07) is -0.612. The van der Waals surface area contributed by atoms with Crippen LogP contribution in [0.1, 0.15) is 20.3 Å². The van der Waals surface area contributed by atoms with Crippen LogP contribution < -0.4 is 0 Å². The van der Waals surface area contributed by atoms with Gasteiger partial charge in [0.1, 0.15) is 6.04 Å². The van der Waals surface area contributed by atoms with E-state index in [9.17, 15) is 9.59 Å². The molecule has 0 aromatic rings. The number of hydrogen-bond donors (Lipinski definition) is 1. The zero-order chi connectivity index (χ0) is 11.1. The van der Waals surface area contributed by atoms with Crippen molar-refractivity contribution in [2.45, 2.75) is 26.3 Å². The molecule has 82 valence electrons. The molecule has 0 aliphatic carbocycles. The molecule has 0 saturated heterocycles. The van der Waals surface area contributed by atoms with Crippen molar-refractivity contribution < 1.29 is 19.4 Å². The monoisotopic (exact) mass is 203 g/mol. The van der Waals surface area contributed by atoms with Crippen molar-refractivity contribution in [2.75, 3.05) is 20.2 Å². The number of nitrogens with zero attached hydrogens (tertiary/aromatic N) is 1. The molecule has 0 aromatic carbocycles. The fourth-order valence-electron chi connectivity index (χ4n) is 1.26. The molecule has 0 aromatic heterocycles. The normalized spacial score (nSPS) is 12.6. The Morgan fingerprint density at radius 2 is 2.00 bits per heavy atom. The van der Waals surface area contributed by atoms with E-state index in [-0.39, 0.29) is 6.54 Å². The summed E-state index contributed by atoms with van der Waals surface area (Å²) in [4.78, 5) is 23.4. The molecular formula is C9H17NO4. The van der Waals surface area contributed by atoms with Gasteiger partial charge in [0.15, 0.2) is 0 Å². The third-order valence-corrected chi connectivity index (χ3v) is 2.08. The van der Waals surface area contributed by atoms with Crippen LogP contribution in [0.25, 0.3) is 0 Å². The number of carboxylic acids is 1. The number of carbonyl (C=O) groups excluding carboxylic acids is 1. The highest BCUT2D eigenvalue weighted by Gasteiger charge is 2.24. The second kappa shape index (κ2) is 6.37. The Morgan fingerprint density at radius 1 is 1.43 bits per heavy atom. The minimum absolute atomic E-state index is 0.0256. The average molecular weight is 203 g/mol. The van der Waals surface area contributed by atoms with E-state index < -0.39 is 18.0 Å². The van der Waals surface area contributed by atoms with Crippen LogP contribution in [-0.2, 0) is 14.3 Å². The first-order valence-corrected chi connectivity index (χ1v) is 4.60. The summed E-state index contributed by atoms with van der Waals surface area (Å²) in [5, 5.41) is 8.87. The molecule has 0 aliphatic heterocycles. The van der Waals surface area contributed by atoms with Crippen LogP contribution in [-0.4, -0.2) is 48.2 Å². The predicted octanol–water partition coefficient (Wildman–Crippen LogP) is 0.344. The van der Waals surface area contributed by atoms with Crippen molar-refractivity contribution in [2.24, 2.45) is 0 Å². The van der Waals surface area contributed by atoms with Gasteiger partial charge < -0.3 is 9.84 Å². The van der Waals surface area contributed by atoms with Gasteiger partial charge in [-0.3, -0.25) is 14.5 Å². The molecule has 0 saturated carbocycles. The molecule has 0 bridgehead atoms. The van der Waals surface area contributed by atoms with Gasteiger partial charge in [0.25, 0.3) is 0 Å². The third kappa shape index (κ3) is 3.74. The van der Waals surface area contributed by atoms with Crippen LogP contribution in [0.5, 0.6) is 0 Å². The Kier molecular flexibility index (Phi) is 5.87. The van der Waals surface area contributed by atoms with E-state index in [4.69, 9.17) is 5.11 Å². The van der Waals surface area contributed by atoms with Gasteiger partial charge in [-0.1, -0.05) is 13.8 Å². The molecule has 0 amide bonds. The third-order valence-electron chi connectivity index (χ3n) is 2.08. The Hall–Kier alpha value is -1.10. The number of aliphatic carboxylic acids is 1. The molecule has 14 heavy (non-hydrogen) atoms. The SMILES string of the molecule is CCC(C(=O)O)N(CC)CC(=O)OC. The largest absolute Gasteiger partial charge is 0.480 e. The number of methoxy groups -OCH3 is 1. The highest BCUT2D eigenvalue weighted by molar-refractivity contribution is 5.76. The van der Waals surface area contributed by atoms with Gasteiger partial charge in [0.2, 0.25) is 0 Å². The lowest BCUT2D eigenvalue weighted by Crippen LogP contribution is -2.43. The van der Waals surface area contributed by atoms with E-state index in [1.54, 1.807) is 11.8 Å². The molecular weight excluding hydrogens is 186 g/mol. The molecule has 0 spiro atoms. The minimum atomic E-state index is -0.904. The summed E-state index contributed by atoms with van der Waals surface area (Å²) < 4.78 is 4.48. The average Bonchev–Trinajstić information content (AvgIpc) is 2.16. The first kappa shape index (κ1) is 12.9. The van der Waals surface area contributed by atoms with Crippen molar-refractivity contribution in [3.63, 3.8) is 0 Å². The maximum Gasteiger partial charge on any atom is 0.320 e. The Labute approximate surface area is 83.6 Å². The van der Waals surface area contributed by atoms with E-state index >= 15 is 0 Å². The standard InChI is InChI=1S/C9H17NO4/c1-4-7(9(12)13)10(5-2)6-8(11)14-3/h7H,4-6H2,1-3H3,(H,12,13). The van der Waals surface area contributed by atoms with Gasteiger partial charge in [-0.15, -0.1) is 0 Å². The molecule has 0 radical (unpaired) electrons. The van der Waals surface area contributed by atoms with Crippen LogP contribution in [0.15, 0.2) is 0 Å². The minimum Gasteiger partial charge on any atom is -0.480 e. The van der Waals surface area contributed by atoms with Crippen molar-refractivity contribution in [3.8, 4) is 0 Å². The second-order valence-corrected chi connectivity index (χ2v) is 2.90. The van der Waals surface area contributed by atoms with E-state index in [2.05, 4.69) is 4.74 Å². The maximum atomic E-state index is 11.0. The van der Waals surface area contributed by atoms with Gasteiger partial charge in [-0.05, 0) is 13.0 Å². The lowest BCUT2D eigenvalue weighted by molar-refractivity contribution is -0.147. The van der Waals surface area contributed by atoms with E-state index in [0.29, 0.717) is 13.0 Å². The molecule has 5 nitrogen and oxygen atoms in total. The zero-order valence-electron chi connectivity index (χ0n) is 8.82. The lowest BCUT2D eigenvalue weighted by atomic mass is 10.2. The Bertz CT molecular complexity index is 205. The van der Waals surface area contributed by atoms with E-state index in [1.807, 2.05) is 6.92 Å². The number of hydrogen-bond acceptors (Lipinski definition) is 4. The zero-order valence-corrected chi connectivity index (χ0v) is 8.82. The highest BCUT2D eigenvalue weighted by atomic mass is 16.5. The highest BCUT2D eigenvalue weighted by Crippen LogP contribution is 2.04. The fourth-order valence-corrected chi connectivity index (χ4v) is 1.26. The van der Waals surface area contributed by atoms with Crippen molar-refractivity contribution in [3.05, 3.63) is 0 Å². The lowest BCUT2D eigenvalue weighted by Gasteiger charge is -2.25. The summed E-state index contributed by atoms with van der Waals surface area (Å²) in [6.45, 7) is 4.13. The van der Waals surface area contributed by atoms with Gasteiger partial charge >= 0.3 is 11.9 Å². The van der Waals surface area contributed by atoms with Gasteiger partial charge in [-0.2, -0.15) is 0 Å². The number of likely N-dealkylation sites (N-methyl/N-ethyl adjacent to an activating group) is 1. The first-order valence-electron chi connectivity index (χ1n) is 4.60. The maximum absolute atomic E-state index is 11.0. The van der Waals surface area contributed by atoms with Gasteiger partial charge in [-0.25, -0.2) is 0 Å². The summed E-state index contributed by atoms with van der Waals surface area (Å²) in [5.74, 6) is -1.31. The van der Waals surface area contributed by atoms with Crippen LogP contribution in [0.3, 0.4) is 0 Å². The Morgan fingerprint density at radius 3 is 2.29 bits per heavy atom. The van der Waals surface area contributed by atoms with Gasteiger partial charge in [0, 0.05) is 0 Å². The van der Waals surface area contributed by atoms with Crippen molar-refractivity contribution in [1.82, 2.24) is 4.90 Å². The molecule has 0 rings (SSSR count). The number of rotatable bonds is 6. The number of carboxylic acid groups (broad SMARTS) is 1. The molecule has 1 atom stereocenters.